The summed E-state index contributed by atoms with van der Waals surface area (Å²) in [6.45, 7) is 53.0. The maximum atomic E-state index is 12.2. The molecule has 0 amide bonds. The normalized spacial score (nSPS) is 17.3. The Bertz CT molecular complexity index is 9800. The first-order valence-corrected chi connectivity index (χ1v) is 47.1. The van der Waals surface area contributed by atoms with Gasteiger partial charge in [-0.2, -0.15) is 0 Å². The molecule has 0 fully saturated rings. The number of hydrogen-bond acceptors (Lipinski definition) is 2. The van der Waals surface area contributed by atoms with Crippen LogP contribution in [0.15, 0.2) is 290 Å². The highest BCUT2D eigenvalue weighted by atomic mass is 15.2. The van der Waals surface area contributed by atoms with Gasteiger partial charge >= 0.3 is 0 Å². The Morgan fingerprint density at radius 2 is 0.544 bits per heavy atom. The smallest absolute Gasteiger partial charge is 0.252 e. The van der Waals surface area contributed by atoms with E-state index in [1.165, 1.54) is 26.2 Å². The Labute approximate surface area is 858 Å². The number of anilines is 6. The molecule has 2 aliphatic heterocycles. The van der Waals surface area contributed by atoms with Crippen molar-refractivity contribution in [3.63, 3.8) is 0 Å². The molecule has 686 valence electrons. The molecule has 5 heterocycles. The minimum absolute atomic E-state index is 0.00822. The van der Waals surface area contributed by atoms with E-state index in [-0.39, 0.29) is 129 Å². The fraction of sp³-hybridized carbons (Fsp3) is 0.308. The SMILES string of the molecule is [2H]c1c([2H])c(C(C)(C)C)c(-c2c([2H])c(C(C)(C)C)c([2H])c(-c3c([2H])c([2H])c(C(C)(C)C)c([2H])c3[2H])c2N2c3cc(-n4c5ccc(C(C)(C)C)cc5c5cc(C(C)(C)C)ccc54)ccc3B3c4ccc(-n5c6c([2H])c([2H])c([2H])c([2H])c6c6c([2H])c([2H])c([2H])c([2H])c65)cc4N(c4c(-c5c([2H])c([2H])c(C(C)(C)C)c([2H])c5[2H])c([2H])c(C(C)(C)C)c([2H])c4-c4c([2H])c([2H])c(C(C)(C)C)c([2H])c4C(C)(C)C)c4cc(-n5c6c([2H])c([2H])c([2H])c([2H])c6c6c([2H])c([2H])c([2H])c([2H])c65)cc2c43)c(C(C)(C)C)c1[2H]. The monoisotopic (exact) mass is 1810 g/mol. The molecule has 5 nitrogen and oxygen atoms in total. The van der Waals surface area contributed by atoms with Gasteiger partial charge in [0.1, 0.15) is 0 Å². The molecule has 0 N–H and O–H groups in total. The van der Waals surface area contributed by atoms with Gasteiger partial charge in [-0.1, -0.05) is 389 Å². The van der Waals surface area contributed by atoms with Crippen molar-refractivity contribution in [2.45, 2.75) is 262 Å². The van der Waals surface area contributed by atoms with Crippen LogP contribution in [0.25, 0.3) is 127 Å². The summed E-state index contributed by atoms with van der Waals surface area (Å²) < 4.78 is 367. The third-order valence-electron chi connectivity index (χ3n) is 26.7. The van der Waals surface area contributed by atoms with E-state index in [0.29, 0.717) is 16.7 Å². The van der Waals surface area contributed by atoms with Crippen LogP contribution in [0.4, 0.5) is 34.1 Å². The molecule has 6 heteroatoms. The number of benzene rings is 15. The first-order chi connectivity index (χ1) is 78.0. The number of rotatable bonds is 9. The third-order valence-corrected chi connectivity index (χ3v) is 26.7. The summed E-state index contributed by atoms with van der Waals surface area (Å²) in [5, 5.41) is -0.139. The molecule has 3 aromatic heterocycles. The molecule has 2 aliphatic rings. The van der Waals surface area contributed by atoms with E-state index < -0.39 is 332 Å². The standard InChI is InChI=1S/C130H138BN5/c1-121(2,3)81-54-50-79(51-55-81)96-70-86(126(16,17)18)72-100(91-63-58-85(125(13,14)15)74-104(91)130(28,29)30)119(96)135-113-75-88(132-107-46-35-31-40-92(107)93-41-32-36-47-108(93)132)61-64-105(113)131-106-65-62-89(133-111-66-59-83(123(7,8)9)68-98(111)99-69-84(124(10,11)12)60-67-112(99)133)76-114(106)136(116-78-90(77-115(135)118(116)131)134-109-48-37-33-42-94(109)95-43-34-38-49-110(95)134)120-97(80-52-56-82(57-53-80)122(4,5)6)71-87(127(19,20)21)73-101(120)117-102(128(22,23)24)44-39-45-103(117)129(25,26)27/h31-78H,1-30H3/i31D,32D,33D,34D,35D,36D,37D,38D,39D,40D,41D,42D,43D,44D,45D,46D,47D,48D,49D,50D,51D,52D,53D,54D,55D,56D,57D,58D,63D,70D,71D,72D,73D,74D. The van der Waals surface area contributed by atoms with Gasteiger partial charge in [-0.15, -0.1) is 0 Å². The lowest BCUT2D eigenvalue weighted by Crippen LogP contribution is -2.61. The zero-order chi connectivity index (χ0) is 126. The van der Waals surface area contributed by atoms with Crippen molar-refractivity contribution in [1.82, 2.24) is 13.7 Å². The zero-order valence-corrected chi connectivity index (χ0v) is 83.9. The van der Waals surface area contributed by atoms with Crippen molar-refractivity contribution in [3.05, 3.63) is 346 Å². The van der Waals surface area contributed by atoms with Gasteiger partial charge in [-0.05, 0) is 257 Å². The van der Waals surface area contributed by atoms with Gasteiger partial charge in [0.2, 0.25) is 0 Å². The van der Waals surface area contributed by atoms with E-state index in [0.717, 1.165) is 21.9 Å². The van der Waals surface area contributed by atoms with Crippen LogP contribution in [0.2, 0.25) is 0 Å². The van der Waals surface area contributed by atoms with Crippen LogP contribution in [0, 0.1) is 0 Å². The zero-order valence-electron chi connectivity index (χ0n) is 118. The number of nitrogens with zero attached hydrogens (tertiary/aromatic N) is 5. The fourth-order valence-corrected chi connectivity index (χ4v) is 19.3. The predicted molar refractivity (Wildman–Crippen MR) is 592 cm³/mol. The summed E-state index contributed by atoms with van der Waals surface area (Å²) in [5.74, 6) is 0. The van der Waals surface area contributed by atoms with Crippen molar-refractivity contribution in [3.8, 4) is 61.6 Å². The van der Waals surface area contributed by atoms with Gasteiger partial charge in [0.05, 0.1) is 96.8 Å². The lowest BCUT2D eigenvalue weighted by molar-refractivity contribution is 0.569. The Morgan fingerprint density at radius 1 is 0.221 bits per heavy atom. The number of fused-ring (bicyclic) bond motifs is 13. The van der Waals surface area contributed by atoms with E-state index >= 15 is 0 Å². The third kappa shape index (κ3) is 15.4. The molecule has 0 radical (unpaired) electrons. The molecule has 20 rings (SSSR count). The molecular weight excluding hydrogens is 1640 g/mol. The van der Waals surface area contributed by atoms with Gasteiger partial charge in [0, 0.05) is 88.7 Å². The van der Waals surface area contributed by atoms with E-state index in [2.05, 4.69) is 58.2 Å². The fourth-order valence-electron chi connectivity index (χ4n) is 19.3. The average molecular weight is 1820 g/mol. The Kier molecular flexibility index (Phi) is 13.7. The Hall–Kier alpha value is -12.6. The molecule has 0 saturated heterocycles. The van der Waals surface area contributed by atoms with E-state index in [1.54, 1.807) is 189 Å². The lowest BCUT2D eigenvalue weighted by Gasteiger charge is -2.46. The highest BCUT2D eigenvalue weighted by Gasteiger charge is 2.48. The van der Waals surface area contributed by atoms with Crippen LogP contribution in [0.1, 0.15) is 310 Å². The molecule has 0 spiro atoms. The van der Waals surface area contributed by atoms with Gasteiger partial charge < -0.3 is 23.5 Å². The van der Waals surface area contributed by atoms with Crippen LogP contribution in [-0.2, 0) is 54.1 Å². The summed E-state index contributed by atoms with van der Waals surface area (Å²) in [7, 11) is 0. The molecule has 0 bridgehead atoms. The molecule has 0 aliphatic carbocycles. The Balaban J connectivity index is 1.20. The van der Waals surface area contributed by atoms with Crippen molar-refractivity contribution >= 4 is 123 Å². The summed E-state index contributed by atoms with van der Waals surface area (Å²) in [4.78, 5) is 3.15. The van der Waals surface area contributed by atoms with E-state index in [4.69, 9.17) is 0 Å². The van der Waals surface area contributed by atoms with Gasteiger partial charge in [0.25, 0.3) is 6.71 Å². The average Bonchev–Trinajstić information content (AvgIpc) is 1.05. The second kappa shape index (κ2) is 31.5. The summed E-state index contributed by atoms with van der Waals surface area (Å²) in [6.07, 6.45) is 0. The van der Waals surface area contributed by atoms with E-state index in [9.17, 15) is 46.6 Å². The van der Waals surface area contributed by atoms with Crippen molar-refractivity contribution in [2.24, 2.45) is 0 Å². The van der Waals surface area contributed by atoms with Gasteiger partial charge in [-0.25, -0.2) is 0 Å². The predicted octanol–water partition coefficient (Wildman–Crippen LogP) is 34.7. The molecule has 0 saturated carbocycles. The van der Waals surface area contributed by atoms with Crippen LogP contribution in [0.5, 0.6) is 0 Å². The minimum Gasteiger partial charge on any atom is -0.310 e. The van der Waals surface area contributed by atoms with Gasteiger partial charge in [0.15, 0.2) is 0 Å². The second-order valence-electron chi connectivity index (χ2n) is 47.3. The molecule has 136 heavy (non-hydrogen) atoms. The molecular formula is C130H138BN5. The highest BCUT2D eigenvalue weighted by molar-refractivity contribution is 7.00. The number of hydrogen-bond donors (Lipinski definition) is 0. The largest absolute Gasteiger partial charge is 0.310 e. The Morgan fingerprint density at radius 3 is 0.912 bits per heavy atom. The van der Waals surface area contributed by atoms with Gasteiger partial charge in [-0.3, -0.25) is 0 Å². The molecule has 0 unspecified atom stereocenters. The van der Waals surface area contributed by atoms with Crippen LogP contribution < -0.4 is 26.2 Å². The van der Waals surface area contributed by atoms with Crippen molar-refractivity contribution in [1.29, 1.82) is 0 Å². The van der Waals surface area contributed by atoms with Crippen molar-refractivity contribution in [2.75, 3.05) is 9.80 Å². The topological polar surface area (TPSA) is 21.3 Å². The second-order valence-corrected chi connectivity index (χ2v) is 47.3. The summed E-state index contributed by atoms with van der Waals surface area (Å²) >= 11 is 0. The van der Waals surface area contributed by atoms with Crippen LogP contribution >= 0.6 is 0 Å². The summed E-state index contributed by atoms with van der Waals surface area (Å²) in [6, 6.07) is 1.78. The summed E-state index contributed by atoms with van der Waals surface area (Å²) in [5.41, 5.74) is -15.8. The molecule has 15 aromatic carbocycles. The minimum atomic E-state index is -1.59. The lowest BCUT2D eigenvalue weighted by atomic mass is 9.33. The quantitative estimate of drug-likeness (QED) is 0.134. The maximum absolute atomic E-state index is 12.2. The number of aromatic nitrogens is 3. The van der Waals surface area contributed by atoms with E-state index in [1.807, 2.05) is 42.5 Å². The highest BCUT2D eigenvalue weighted by Crippen LogP contribution is 2.59. The van der Waals surface area contributed by atoms with Crippen LogP contribution in [0.3, 0.4) is 0 Å². The number of para-hydroxylation sites is 4. The first-order valence-electron chi connectivity index (χ1n) is 64.1. The van der Waals surface area contributed by atoms with Crippen LogP contribution in [-0.4, -0.2) is 20.4 Å². The molecule has 18 aromatic rings. The maximum Gasteiger partial charge on any atom is 0.252 e. The first kappa shape index (κ1) is 59.4. The van der Waals surface area contributed by atoms with Crippen molar-refractivity contribution < 1.29 is 46.6 Å². The molecule has 0 atom stereocenters.